The van der Waals surface area contributed by atoms with Gasteiger partial charge in [0.05, 0.1) is 6.26 Å². The second-order valence-corrected chi connectivity index (χ2v) is 3.35. The van der Waals surface area contributed by atoms with E-state index in [9.17, 15) is 0 Å². The van der Waals surface area contributed by atoms with Crippen molar-refractivity contribution in [1.82, 2.24) is 0 Å². The lowest BCUT2D eigenvalue weighted by molar-refractivity contribution is 0.291. The van der Waals surface area contributed by atoms with Gasteiger partial charge in [0.15, 0.2) is 0 Å². The van der Waals surface area contributed by atoms with Crippen LogP contribution < -0.4 is 0 Å². The van der Waals surface area contributed by atoms with Gasteiger partial charge in [0.25, 0.3) is 0 Å². The van der Waals surface area contributed by atoms with Crippen molar-refractivity contribution < 1.29 is 4.74 Å². The molecule has 1 aromatic rings. The minimum atomic E-state index is 0.634. The lowest BCUT2D eigenvalue weighted by Gasteiger charge is -1.98. The fourth-order valence-corrected chi connectivity index (χ4v) is 1.38. The minimum Gasteiger partial charge on any atom is -0.498 e. The van der Waals surface area contributed by atoms with Crippen LogP contribution >= 0.6 is 0 Å². The molecule has 0 unspecified atom stereocenters. The molecule has 0 aliphatic heterocycles. The van der Waals surface area contributed by atoms with Crippen LogP contribution in [-0.4, -0.2) is 6.61 Å². The van der Waals surface area contributed by atoms with E-state index in [1.807, 2.05) is 6.08 Å². The zero-order valence-electron chi connectivity index (χ0n) is 9.06. The quantitative estimate of drug-likeness (QED) is 0.372. The largest absolute Gasteiger partial charge is 0.498 e. The molecule has 1 rings (SSSR count). The Morgan fingerprint density at radius 2 is 1.93 bits per heavy atom. The van der Waals surface area contributed by atoms with Crippen molar-refractivity contribution in [2.24, 2.45) is 0 Å². The van der Waals surface area contributed by atoms with Crippen molar-refractivity contribution in [2.75, 3.05) is 6.61 Å². The third-order valence-electron chi connectivity index (χ3n) is 2.16. The van der Waals surface area contributed by atoms with E-state index in [2.05, 4.69) is 43.0 Å². The van der Waals surface area contributed by atoms with Crippen molar-refractivity contribution in [2.45, 2.75) is 19.3 Å². The normalized spacial score (nSPS) is 10.4. The predicted octanol–water partition coefficient (Wildman–Crippen LogP) is 3.73. The first-order chi connectivity index (χ1) is 7.43. The zero-order chi connectivity index (χ0) is 10.8. The number of unbranched alkanes of at least 4 members (excludes halogenated alkanes) is 1. The van der Waals surface area contributed by atoms with Crippen molar-refractivity contribution in [3.63, 3.8) is 0 Å². The molecule has 0 aliphatic carbocycles. The summed E-state index contributed by atoms with van der Waals surface area (Å²) in [5.74, 6) is 0. The average Bonchev–Trinajstić information content (AvgIpc) is 2.29. The van der Waals surface area contributed by atoms with E-state index >= 15 is 0 Å². The van der Waals surface area contributed by atoms with Gasteiger partial charge in [-0.05, 0) is 24.8 Å². The Morgan fingerprint density at radius 1 is 1.13 bits per heavy atom. The van der Waals surface area contributed by atoms with Gasteiger partial charge in [-0.15, -0.1) is 0 Å². The molecule has 0 spiro atoms. The summed E-state index contributed by atoms with van der Waals surface area (Å²) < 4.78 is 4.98. The van der Waals surface area contributed by atoms with Gasteiger partial charge in [-0.1, -0.05) is 49.1 Å². The number of hydrogen-bond acceptors (Lipinski definition) is 1. The molecule has 0 atom stereocenters. The predicted molar refractivity (Wildman–Crippen MR) is 64.7 cm³/mol. The highest BCUT2D eigenvalue weighted by Gasteiger charge is 1.89. The second-order valence-electron chi connectivity index (χ2n) is 3.35. The number of ether oxygens (including phenoxy) is 1. The lowest BCUT2D eigenvalue weighted by Crippen LogP contribution is -1.84. The fourth-order valence-electron chi connectivity index (χ4n) is 1.38. The molecular formula is C14H18O. The number of hydrogen-bond donors (Lipinski definition) is 0. The Balaban J connectivity index is 2.07. The number of benzene rings is 1. The third kappa shape index (κ3) is 5.74. The molecule has 1 heteroatoms. The van der Waals surface area contributed by atoms with Crippen molar-refractivity contribution in [1.29, 1.82) is 0 Å². The maximum atomic E-state index is 4.98. The molecule has 0 N–H and O–H groups in total. The maximum absolute atomic E-state index is 4.98. The lowest BCUT2D eigenvalue weighted by atomic mass is 10.1. The van der Waals surface area contributed by atoms with Crippen LogP contribution in [-0.2, 0) is 11.2 Å². The standard InChI is InChI=1S/C14H18O/c1-2-15-13-9-4-3-6-10-14-11-7-5-8-12-14/h2,4-5,7-9,11-12H,1,3,6,10,13H2. The van der Waals surface area contributed by atoms with E-state index in [4.69, 9.17) is 4.74 Å². The van der Waals surface area contributed by atoms with Gasteiger partial charge < -0.3 is 4.74 Å². The van der Waals surface area contributed by atoms with Gasteiger partial charge in [0.1, 0.15) is 6.61 Å². The summed E-state index contributed by atoms with van der Waals surface area (Å²) >= 11 is 0. The summed E-state index contributed by atoms with van der Waals surface area (Å²) in [6.45, 7) is 4.11. The van der Waals surface area contributed by atoms with Crippen LogP contribution in [0.15, 0.2) is 55.3 Å². The van der Waals surface area contributed by atoms with Crippen LogP contribution in [0.25, 0.3) is 0 Å². The van der Waals surface area contributed by atoms with E-state index in [0.29, 0.717) is 6.61 Å². The van der Waals surface area contributed by atoms with Gasteiger partial charge >= 0.3 is 0 Å². The number of aryl methyl sites for hydroxylation is 1. The molecule has 0 amide bonds. The summed E-state index contributed by atoms with van der Waals surface area (Å²) in [6, 6.07) is 10.6. The van der Waals surface area contributed by atoms with E-state index in [1.54, 1.807) is 0 Å². The van der Waals surface area contributed by atoms with Gasteiger partial charge in [-0.2, -0.15) is 0 Å². The van der Waals surface area contributed by atoms with Crippen molar-refractivity contribution >= 4 is 0 Å². The van der Waals surface area contributed by atoms with E-state index in [1.165, 1.54) is 18.2 Å². The van der Waals surface area contributed by atoms with Crippen LogP contribution in [0.5, 0.6) is 0 Å². The average molecular weight is 202 g/mol. The van der Waals surface area contributed by atoms with Gasteiger partial charge in [0.2, 0.25) is 0 Å². The molecule has 1 aromatic carbocycles. The molecule has 1 nitrogen and oxygen atoms in total. The van der Waals surface area contributed by atoms with Crippen LogP contribution in [0.2, 0.25) is 0 Å². The van der Waals surface area contributed by atoms with Crippen molar-refractivity contribution in [3.05, 3.63) is 60.9 Å². The number of rotatable bonds is 7. The van der Waals surface area contributed by atoms with Crippen LogP contribution in [0, 0.1) is 0 Å². The highest BCUT2D eigenvalue weighted by Crippen LogP contribution is 2.04. The molecule has 0 heterocycles. The van der Waals surface area contributed by atoms with Gasteiger partial charge in [0, 0.05) is 0 Å². The summed E-state index contributed by atoms with van der Waals surface area (Å²) in [6.07, 6.45) is 9.10. The molecule has 0 fully saturated rings. The van der Waals surface area contributed by atoms with Gasteiger partial charge in [-0.3, -0.25) is 0 Å². The Hall–Kier alpha value is -1.50. The minimum absolute atomic E-state index is 0.634. The summed E-state index contributed by atoms with van der Waals surface area (Å²) in [5.41, 5.74) is 1.41. The molecule has 0 aliphatic rings. The molecule has 15 heavy (non-hydrogen) atoms. The first-order valence-electron chi connectivity index (χ1n) is 5.35. The maximum Gasteiger partial charge on any atom is 0.105 e. The Kier molecular flexibility index (Phi) is 6.07. The molecule has 0 saturated heterocycles. The van der Waals surface area contributed by atoms with E-state index in [0.717, 1.165) is 12.8 Å². The van der Waals surface area contributed by atoms with Crippen LogP contribution in [0.4, 0.5) is 0 Å². The Bertz CT molecular complexity index is 287. The first kappa shape index (κ1) is 11.6. The smallest absolute Gasteiger partial charge is 0.105 e. The molecule has 0 saturated carbocycles. The third-order valence-corrected chi connectivity index (χ3v) is 2.16. The number of allylic oxidation sites excluding steroid dienone is 1. The van der Waals surface area contributed by atoms with Gasteiger partial charge in [-0.25, -0.2) is 0 Å². The Morgan fingerprint density at radius 3 is 2.67 bits per heavy atom. The summed E-state index contributed by atoms with van der Waals surface area (Å²) in [4.78, 5) is 0. The molecular weight excluding hydrogens is 184 g/mol. The topological polar surface area (TPSA) is 9.23 Å². The highest BCUT2D eigenvalue weighted by molar-refractivity contribution is 5.14. The second kappa shape index (κ2) is 7.86. The molecule has 80 valence electrons. The van der Waals surface area contributed by atoms with E-state index in [-0.39, 0.29) is 0 Å². The summed E-state index contributed by atoms with van der Waals surface area (Å²) in [5, 5.41) is 0. The van der Waals surface area contributed by atoms with Crippen LogP contribution in [0.1, 0.15) is 18.4 Å². The summed E-state index contributed by atoms with van der Waals surface area (Å²) in [7, 11) is 0. The monoisotopic (exact) mass is 202 g/mol. The molecule has 0 bridgehead atoms. The highest BCUT2D eigenvalue weighted by atomic mass is 16.5. The van der Waals surface area contributed by atoms with Crippen LogP contribution in [0.3, 0.4) is 0 Å². The SMILES string of the molecule is C=COCC=CCCCc1ccccc1. The zero-order valence-corrected chi connectivity index (χ0v) is 9.06. The molecule has 0 aromatic heterocycles. The van der Waals surface area contributed by atoms with Crippen molar-refractivity contribution in [3.8, 4) is 0 Å². The molecule has 0 radical (unpaired) electrons. The Labute approximate surface area is 92.1 Å². The van der Waals surface area contributed by atoms with E-state index < -0.39 is 0 Å². The fraction of sp³-hybridized carbons (Fsp3) is 0.286. The first-order valence-corrected chi connectivity index (χ1v) is 5.35.